The van der Waals surface area contributed by atoms with Crippen molar-refractivity contribution in [2.75, 3.05) is 0 Å². The first kappa shape index (κ1) is 10.9. The van der Waals surface area contributed by atoms with Crippen molar-refractivity contribution in [1.29, 1.82) is 0 Å². The Morgan fingerprint density at radius 1 is 0.571 bits per heavy atom. The smallest absolute Gasteiger partial charge is 0.0534 e. The summed E-state index contributed by atoms with van der Waals surface area (Å²) in [5.74, 6) is 0. The van der Waals surface area contributed by atoms with E-state index in [0.717, 1.165) is 0 Å². The second kappa shape index (κ2) is 3.86. The van der Waals surface area contributed by atoms with Crippen molar-refractivity contribution < 1.29 is 0 Å². The lowest BCUT2D eigenvalue weighted by atomic mass is 10.1. The fourth-order valence-electron chi connectivity index (χ4n) is 3.26. The van der Waals surface area contributed by atoms with Gasteiger partial charge in [0.2, 0.25) is 0 Å². The molecule has 21 heavy (non-hydrogen) atoms. The minimum Gasteiger partial charge on any atom is -0.323 e. The van der Waals surface area contributed by atoms with Gasteiger partial charge in [-0.15, -0.1) is 0 Å². The number of hydrogen-bond donors (Lipinski definition) is 0. The molecule has 0 bridgehead atoms. The van der Waals surface area contributed by atoms with Gasteiger partial charge in [0.05, 0.1) is 5.52 Å². The van der Waals surface area contributed by atoms with Crippen LogP contribution in [0.15, 0.2) is 79.1 Å². The van der Waals surface area contributed by atoms with Crippen LogP contribution >= 0.6 is 0 Å². The van der Waals surface area contributed by atoms with Crippen molar-refractivity contribution >= 4 is 37.8 Å². The Kier molecular flexibility index (Phi) is 2.01. The number of benzene rings is 2. The van der Waals surface area contributed by atoms with E-state index in [1.54, 1.807) is 0 Å². The number of pyridine rings is 2. The van der Waals surface area contributed by atoms with Crippen LogP contribution in [-0.4, -0.2) is 4.40 Å². The lowest BCUT2D eigenvalue weighted by Gasteiger charge is -2.09. The summed E-state index contributed by atoms with van der Waals surface area (Å²) in [6, 6.07) is 24.1. The van der Waals surface area contributed by atoms with Gasteiger partial charge in [0.1, 0.15) is 0 Å². The molecule has 0 radical (unpaired) electrons. The molecular formula is C20H13N. The summed E-state index contributed by atoms with van der Waals surface area (Å²) in [6.45, 7) is 0. The standard InChI is InChI=1S/C20H13N/c1-2-5-18-13-21-9-8-17-10-14-6-3-7-15(14)11-19(17)20(21)12-16(18)4-1/h1-13H. The molecule has 3 aromatic carbocycles. The lowest BCUT2D eigenvalue weighted by molar-refractivity contribution is 1.20. The van der Waals surface area contributed by atoms with Crippen LogP contribution in [0.2, 0.25) is 0 Å². The Morgan fingerprint density at radius 2 is 1.29 bits per heavy atom. The highest BCUT2D eigenvalue weighted by Crippen LogP contribution is 2.28. The molecule has 0 saturated carbocycles. The Balaban J connectivity index is 2.03. The van der Waals surface area contributed by atoms with Gasteiger partial charge < -0.3 is 4.40 Å². The number of aromatic nitrogens is 1. The van der Waals surface area contributed by atoms with Crippen LogP contribution in [0.4, 0.5) is 0 Å². The Hall–Kier alpha value is -2.80. The quantitative estimate of drug-likeness (QED) is 0.261. The van der Waals surface area contributed by atoms with Gasteiger partial charge in [0.25, 0.3) is 0 Å². The van der Waals surface area contributed by atoms with E-state index < -0.39 is 0 Å². The topological polar surface area (TPSA) is 4.41 Å². The zero-order valence-corrected chi connectivity index (χ0v) is 11.5. The molecular weight excluding hydrogens is 254 g/mol. The third kappa shape index (κ3) is 1.52. The van der Waals surface area contributed by atoms with Gasteiger partial charge in [0, 0.05) is 17.8 Å². The van der Waals surface area contributed by atoms with E-state index in [0.29, 0.717) is 0 Å². The van der Waals surface area contributed by atoms with Gasteiger partial charge in [-0.1, -0.05) is 42.5 Å². The van der Waals surface area contributed by atoms with E-state index in [4.69, 9.17) is 0 Å². The van der Waals surface area contributed by atoms with Gasteiger partial charge in [-0.25, -0.2) is 0 Å². The van der Waals surface area contributed by atoms with E-state index in [1.807, 2.05) is 0 Å². The molecule has 0 amide bonds. The SMILES string of the molecule is c1cc2cc3ccn4cc5ccccc5cc4c3cc2c1. The van der Waals surface area contributed by atoms with Crippen LogP contribution in [0, 0.1) is 0 Å². The van der Waals surface area contributed by atoms with Crippen LogP contribution in [0.1, 0.15) is 0 Å². The van der Waals surface area contributed by atoms with E-state index in [1.165, 1.54) is 37.8 Å². The Bertz CT molecular complexity index is 1130. The molecule has 0 saturated heterocycles. The molecule has 1 heteroatoms. The molecule has 2 aromatic heterocycles. The maximum Gasteiger partial charge on any atom is 0.0534 e. The van der Waals surface area contributed by atoms with Crippen molar-refractivity contribution in [3.05, 3.63) is 79.1 Å². The van der Waals surface area contributed by atoms with E-state index in [-0.39, 0.29) is 0 Å². The summed E-state index contributed by atoms with van der Waals surface area (Å²) < 4.78 is 2.22. The summed E-state index contributed by atoms with van der Waals surface area (Å²) in [7, 11) is 0. The maximum absolute atomic E-state index is 2.30. The normalized spacial score (nSPS) is 11.8. The molecule has 98 valence electrons. The van der Waals surface area contributed by atoms with Crippen LogP contribution in [0.3, 0.4) is 0 Å². The minimum atomic E-state index is 1.26. The molecule has 0 spiro atoms. The van der Waals surface area contributed by atoms with E-state index in [9.17, 15) is 0 Å². The predicted molar refractivity (Wildman–Crippen MR) is 89.9 cm³/mol. The van der Waals surface area contributed by atoms with E-state index in [2.05, 4.69) is 83.5 Å². The fraction of sp³-hybridized carbons (Fsp3) is 0. The third-order valence-electron chi connectivity index (χ3n) is 4.34. The molecule has 0 atom stereocenters. The fourth-order valence-corrected chi connectivity index (χ4v) is 3.26. The summed E-state index contributed by atoms with van der Waals surface area (Å²) in [5, 5.41) is 7.78. The highest BCUT2D eigenvalue weighted by Gasteiger charge is 2.04. The first-order valence-electron chi connectivity index (χ1n) is 7.20. The van der Waals surface area contributed by atoms with Crippen LogP contribution in [0.25, 0.3) is 37.8 Å². The predicted octanol–water partition coefficient (Wildman–Crippen LogP) is 5.40. The zero-order valence-electron chi connectivity index (χ0n) is 11.5. The van der Waals surface area contributed by atoms with Crippen molar-refractivity contribution in [1.82, 2.24) is 4.40 Å². The maximum atomic E-state index is 2.30. The molecule has 1 nitrogen and oxygen atoms in total. The molecule has 0 fully saturated rings. The molecule has 0 N–H and O–H groups in total. The van der Waals surface area contributed by atoms with Gasteiger partial charge in [0.15, 0.2) is 0 Å². The molecule has 0 unspecified atom stereocenters. The molecule has 5 aromatic rings. The highest BCUT2D eigenvalue weighted by atomic mass is 14.8. The second-order valence-electron chi connectivity index (χ2n) is 5.60. The van der Waals surface area contributed by atoms with Crippen LogP contribution in [0.5, 0.6) is 0 Å². The van der Waals surface area contributed by atoms with Crippen molar-refractivity contribution in [3.63, 3.8) is 0 Å². The summed E-state index contributed by atoms with van der Waals surface area (Å²) in [4.78, 5) is 0. The monoisotopic (exact) mass is 267 g/mol. The average Bonchev–Trinajstić information content (AvgIpc) is 2.98. The lowest BCUT2D eigenvalue weighted by Crippen LogP contribution is -1.90. The van der Waals surface area contributed by atoms with Gasteiger partial charge in [-0.3, -0.25) is 0 Å². The number of rotatable bonds is 0. The molecule has 0 aliphatic rings. The number of fused-ring (bicyclic) bond motifs is 5. The molecule has 2 heterocycles. The number of hydrogen-bond acceptors (Lipinski definition) is 0. The molecule has 5 rings (SSSR count). The Morgan fingerprint density at radius 3 is 2.19 bits per heavy atom. The summed E-state index contributed by atoms with van der Waals surface area (Å²) >= 11 is 0. The van der Waals surface area contributed by atoms with Crippen LogP contribution < -0.4 is 0 Å². The summed E-state index contributed by atoms with van der Waals surface area (Å²) in [5.41, 5.74) is 1.26. The van der Waals surface area contributed by atoms with Crippen molar-refractivity contribution in [2.45, 2.75) is 0 Å². The zero-order chi connectivity index (χ0) is 13.8. The van der Waals surface area contributed by atoms with Crippen molar-refractivity contribution in [3.8, 4) is 0 Å². The van der Waals surface area contributed by atoms with Gasteiger partial charge in [-0.05, 0) is 51.2 Å². The first-order valence-corrected chi connectivity index (χ1v) is 7.20. The molecule has 0 aliphatic carbocycles. The van der Waals surface area contributed by atoms with Gasteiger partial charge in [-0.2, -0.15) is 0 Å². The van der Waals surface area contributed by atoms with Gasteiger partial charge >= 0.3 is 0 Å². The average molecular weight is 267 g/mol. The first-order chi connectivity index (χ1) is 10.4. The second-order valence-corrected chi connectivity index (χ2v) is 5.60. The number of nitrogens with zero attached hydrogens (tertiary/aromatic N) is 1. The van der Waals surface area contributed by atoms with E-state index >= 15 is 0 Å². The minimum absolute atomic E-state index is 1.26. The molecule has 0 aliphatic heterocycles. The Labute approximate surface area is 122 Å². The highest BCUT2D eigenvalue weighted by molar-refractivity contribution is 6.06. The summed E-state index contributed by atoms with van der Waals surface area (Å²) in [6.07, 6.45) is 4.36. The third-order valence-corrected chi connectivity index (χ3v) is 4.34. The largest absolute Gasteiger partial charge is 0.323 e. The van der Waals surface area contributed by atoms with Crippen LogP contribution in [-0.2, 0) is 0 Å². The van der Waals surface area contributed by atoms with Crippen molar-refractivity contribution in [2.24, 2.45) is 0 Å².